The lowest BCUT2D eigenvalue weighted by Gasteiger charge is -2.17. The zero-order chi connectivity index (χ0) is 21.6. The molecule has 156 valence electrons. The van der Waals surface area contributed by atoms with Gasteiger partial charge in [0, 0.05) is 22.4 Å². The highest BCUT2D eigenvalue weighted by atomic mass is 35.5. The normalized spacial score (nSPS) is 13.3. The van der Waals surface area contributed by atoms with E-state index < -0.39 is 28.0 Å². The first-order valence-electron chi connectivity index (χ1n) is 9.12. The summed E-state index contributed by atoms with van der Waals surface area (Å²) in [5.74, 6) is -1.63. The van der Waals surface area contributed by atoms with E-state index in [4.69, 9.17) is 16.0 Å². The second-order valence-electron chi connectivity index (χ2n) is 7.26. The third kappa shape index (κ3) is 3.72. The van der Waals surface area contributed by atoms with Gasteiger partial charge in [-0.1, -0.05) is 31.5 Å². The molecule has 0 aliphatic heterocycles. The summed E-state index contributed by atoms with van der Waals surface area (Å²) in [7, 11) is -4.03. The maximum Gasteiger partial charge on any atom is 0.322 e. The van der Waals surface area contributed by atoms with Crippen molar-refractivity contribution in [2.45, 2.75) is 24.8 Å². The van der Waals surface area contributed by atoms with Gasteiger partial charge in [0.25, 0.3) is 0 Å². The van der Waals surface area contributed by atoms with E-state index in [0.717, 1.165) is 21.9 Å². The van der Waals surface area contributed by atoms with Crippen LogP contribution in [0.2, 0.25) is 4.34 Å². The first kappa shape index (κ1) is 20.9. The predicted octanol–water partition coefficient (Wildman–Crippen LogP) is 5.36. The average Bonchev–Trinajstić information content (AvgIpc) is 3.27. The van der Waals surface area contributed by atoms with Crippen molar-refractivity contribution in [1.82, 2.24) is 4.72 Å². The van der Waals surface area contributed by atoms with Crippen LogP contribution in [0.4, 0.5) is 0 Å². The Bertz CT molecular complexity index is 1370. The topological polar surface area (TPSA) is 96.6 Å². The van der Waals surface area contributed by atoms with E-state index in [2.05, 4.69) is 4.72 Å². The number of nitrogens with one attached hydrogen (secondary N) is 1. The highest BCUT2D eigenvalue weighted by Crippen LogP contribution is 2.37. The molecule has 4 rings (SSSR count). The van der Waals surface area contributed by atoms with E-state index in [1.807, 2.05) is 29.6 Å². The minimum absolute atomic E-state index is 0.0536. The van der Waals surface area contributed by atoms with Crippen LogP contribution in [-0.4, -0.2) is 25.5 Å². The average molecular weight is 464 g/mol. The molecule has 2 N–H and O–H groups in total. The zero-order valence-electron chi connectivity index (χ0n) is 16.0. The molecule has 0 spiro atoms. The van der Waals surface area contributed by atoms with Crippen LogP contribution in [0.5, 0.6) is 0 Å². The standard InChI is InChI=1S/C21H18ClNO5S2/c1-11(2)19(21(24)25)23-30(26,27)13-4-5-15-16-9-12(14-7-8-29-20(14)22)3-6-17(16)28-18(15)10-13/h3-11,19,23H,1-2H3,(H,24,25)/t19-/m0/s1. The molecule has 0 aliphatic carbocycles. The van der Waals surface area contributed by atoms with E-state index in [-0.39, 0.29) is 4.90 Å². The molecule has 9 heteroatoms. The lowest BCUT2D eigenvalue weighted by Crippen LogP contribution is -2.44. The fourth-order valence-corrected chi connectivity index (χ4v) is 5.62. The van der Waals surface area contributed by atoms with Crippen LogP contribution in [0.3, 0.4) is 0 Å². The number of aliphatic carboxylic acids is 1. The monoisotopic (exact) mass is 463 g/mol. The van der Waals surface area contributed by atoms with Gasteiger partial charge in [0.2, 0.25) is 10.0 Å². The van der Waals surface area contributed by atoms with Crippen molar-refractivity contribution in [3.8, 4) is 11.1 Å². The summed E-state index contributed by atoms with van der Waals surface area (Å²) in [6, 6.07) is 10.9. The first-order chi connectivity index (χ1) is 14.2. The number of carbonyl (C=O) groups is 1. The Kier molecular flexibility index (Phi) is 5.36. The summed E-state index contributed by atoms with van der Waals surface area (Å²) >= 11 is 7.70. The van der Waals surface area contributed by atoms with E-state index in [9.17, 15) is 18.3 Å². The highest BCUT2D eigenvalue weighted by Gasteiger charge is 2.28. The van der Waals surface area contributed by atoms with Crippen LogP contribution < -0.4 is 4.72 Å². The van der Waals surface area contributed by atoms with Gasteiger partial charge in [-0.05, 0) is 47.2 Å². The molecular formula is C21H18ClNO5S2. The third-order valence-corrected chi connectivity index (χ3v) is 7.51. The smallest absolute Gasteiger partial charge is 0.322 e. The molecule has 0 unspecified atom stereocenters. The Morgan fingerprint density at radius 3 is 2.50 bits per heavy atom. The van der Waals surface area contributed by atoms with Crippen molar-refractivity contribution in [2.24, 2.45) is 5.92 Å². The number of sulfonamides is 1. The Hall–Kier alpha value is -2.39. The lowest BCUT2D eigenvalue weighted by atomic mass is 10.1. The van der Waals surface area contributed by atoms with Gasteiger partial charge < -0.3 is 9.52 Å². The maximum absolute atomic E-state index is 12.7. The molecule has 2 aromatic carbocycles. The van der Waals surface area contributed by atoms with Gasteiger partial charge in [0.1, 0.15) is 21.5 Å². The number of hydrogen-bond donors (Lipinski definition) is 2. The van der Waals surface area contributed by atoms with E-state index in [0.29, 0.717) is 15.5 Å². The summed E-state index contributed by atoms with van der Waals surface area (Å²) in [6.07, 6.45) is 0. The zero-order valence-corrected chi connectivity index (χ0v) is 18.4. The van der Waals surface area contributed by atoms with E-state index in [1.54, 1.807) is 19.9 Å². The van der Waals surface area contributed by atoms with Crippen molar-refractivity contribution >= 4 is 60.9 Å². The fraction of sp³-hybridized carbons (Fsp3) is 0.190. The molecule has 1 atom stereocenters. The number of rotatable bonds is 6. The van der Waals surface area contributed by atoms with Gasteiger partial charge in [-0.3, -0.25) is 4.79 Å². The lowest BCUT2D eigenvalue weighted by molar-refractivity contribution is -0.140. The Morgan fingerprint density at radius 1 is 1.10 bits per heavy atom. The predicted molar refractivity (Wildman–Crippen MR) is 119 cm³/mol. The number of hydrogen-bond acceptors (Lipinski definition) is 5. The number of halogens is 1. The Labute approximate surface area is 182 Å². The molecule has 0 radical (unpaired) electrons. The van der Waals surface area contributed by atoms with Crippen LogP contribution in [0.1, 0.15) is 13.8 Å². The largest absolute Gasteiger partial charge is 0.480 e. The second kappa shape index (κ2) is 7.70. The van der Waals surface area contributed by atoms with Crippen LogP contribution in [-0.2, 0) is 14.8 Å². The molecule has 4 aromatic rings. The highest BCUT2D eigenvalue weighted by molar-refractivity contribution is 7.89. The minimum atomic E-state index is -4.03. The molecule has 0 fully saturated rings. The molecule has 0 aliphatic rings. The van der Waals surface area contributed by atoms with Crippen LogP contribution in [0, 0.1) is 5.92 Å². The van der Waals surface area contributed by atoms with Gasteiger partial charge >= 0.3 is 5.97 Å². The van der Waals surface area contributed by atoms with Crippen LogP contribution in [0.25, 0.3) is 33.1 Å². The number of fused-ring (bicyclic) bond motifs is 3. The molecule has 0 saturated heterocycles. The molecule has 0 saturated carbocycles. The van der Waals surface area contributed by atoms with E-state index >= 15 is 0 Å². The SMILES string of the molecule is CC(C)[C@H](NS(=O)(=O)c1ccc2c(c1)oc1ccc(-c3ccsc3Cl)cc12)C(=O)O. The van der Waals surface area contributed by atoms with Gasteiger partial charge in [-0.15, -0.1) is 11.3 Å². The van der Waals surface area contributed by atoms with Gasteiger partial charge in [-0.2, -0.15) is 4.72 Å². The van der Waals surface area contributed by atoms with Crippen molar-refractivity contribution < 1.29 is 22.7 Å². The summed E-state index contributed by atoms with van der Waals surface area (Å²) in [5.41, 5.74) is 2.89. The molecule has 6 nitrogen and oxygen atoms in total. The van der Waals surface area contributed by atoms with Gasteiger partial charge in [-0.25, -0.2) is 8.42 Å². The second-order valence-corrected chi connectivity index (χ2v) is 10.5. The fourth-order valence-electron chi connectivity index (χ4n) is 3.30. The van der Waals surface area contributed by atoms with Crippen molar-refractivity contribution in [3.05, 3.63) is 52.2 Å². The summed E-state index contributed by atoms with van der Waals surface area (Å²) in [5, 5.41) is 12.8. The molecule has 0 bridgehead atoms. The third-order valence-electron chi connectivity index (χ3n) is 4.90. The number of carboxylic acid groups (broad SMARTS) is 1. The molecular weight excluding hydrogens is 446 g/mol. The molecule has 2 aromatic heterocycles. The van der Waals surface area contributed by atoms with Crippen LogP contribution in [0.15, 0.2) is 57.2 Å². The number of carboxylic acids is 1. The van der Waals surface area contributed by atoms with Gasteiger partial charge in [0.05, 0.1) is 4.90 Å². The summed E-state index contributed by atoms with van der Waals surface area (Å²) in [6.45, 7) is 3.28. The molecule has 0 amide bonds. The molecule has 30 heavy (non-hydrogen) atoms. The quantitative estimate of drug-likeness (QED) is 0.401. The number of furan rings is 1. The summed E-state index contributed by atoms with van der Waals surface area (Å²) in [4.78, 5) is 11.3. The first-order valence-corrected chi connectivity index (χ1v) is 11.9. The Morgan fingerprint density at radius 2 is 1.87 bits per heavy atom. The van der Waals surface area contributed by atoms with Crippen molar-refractivity contribution in [3.63, 3.8) is 0 Å². The van der Waals surface area contributed by atoms with Gasteiger partial charge in [0.15, 0.2) is 0 Å². The van der Waals surface area contributed by atoms with Crippen LogP contribution >= 0.6 is 22.9 Å². The van der Waals surface area contributed by atoms with Crippen molar-refractivity contribution in [1.29, 1.82) is 0 Å². The minimum Gasteiger partial charge on any atom is -0.480 e. The Balaban J connectivity index is 1.77. The summed E-state index contributed by atoms with van der Waals surface area (Å²) < 4.78 is 34.3. The maximum atomic E-state index is 12.7. The molecule has 2 heterocycles. The van der Waals surface area contributed by atoms with Crippen molar-refractivity contribution in [2.75, 3.05) is 0 Å². The number of thiophene rings is 1. The van der Waals surface area contributed by atoms with E-state index in [1.165, 1.54) is 23.5 Å². The number of benzene rings is 2.